The van der Waals surface area contributed by atoms with Gasteiger partial charge in [0.2, 0.25) is 0 Å². The molecule has 0 saturated carbocycles. The predicted molar refractivity (Wildman–Crippen MR) is 48.1 cm³/mol. The highest BCUT2D eigenvalue weighted by Crippen LogP contribution is 2.42. The Morgan fingerprint density at radius 1 is 0.875 bits per heavy atom. The van der Waals surface area contributed by atoms with E-state index >= 15 is 0 Å². The minimum Gasteiger partial charge on any atom is -0.387 e. The normalized spacial score (nSPS) is 21.9. The number of carbonyl (C=O) groups excluding carboxylic acids is 1. The highest BCUT2D eigenvalue weighted by molar-refractivity contribution is 7.52. The zero-order valence-corrected chi connectivity index (χ0v) is 8.75. The monoisotopic (exact) mass is 260 g/mol. The molecule has 7 N–H and O–H groups in total. The van der Waals surface area contributed by atoms with Crippen molar-refractivity contribution in [3.63, 3.8) is 0 Å². The van der Waals surface area contributed by atoms with Crippen molar-refractivity contribution in [1.29, 1.82) is 0 Å². The number of aliphatic hydroxyl groups excluding tert-OH is 5. The predicted octanol–water partition coefficient (Wildman–Crippen LogP) is -3.88. The second-order valence-corrected chi connectivity index (χ2v) is 4.81. The number of aldehydes is 1. The van der Waals surface area contributed by atoms with Crippen LogP contribution in [0.1, 0.15) is 0 Å². The van der Waals surface area contributed by atoms with E-state index in [1.54, 1.807) is 0 Å². The topological polar surface area (TPSA) is 176 Å². The van der Waals surface area contributed by atoms with E-state index in [0.29, 0.717) is 0 Å². The van der Waals surface area contributed by atoms with Gasteiger partial charge in [-0.05, 0) is 0 Å². The second-order valence-electron chi connectivity index (χ2n) is 3.10. The molecular weight excluding hydrogens is 247 g/mol. The van der Waals surface area contributed by atoms with E-state index in [-0.39, 0.29) is 6.29 Å². The molecular formula is C6H13O9P. The van der Waals surface area contributed by atoms with Gasteiger partial charge >= 0.3 is 7.60 Å². The van der Waals surface area contributed by atoms with Crippen molar-refractivity contribution in [2.24, 2.45) is 0 Å². The van der Waals surface area contributed by atoms with Crippen LogP contribution in [0, 0.1) is 0 Å². The molecule has 0 fully saturated rings. The maximum atomic E-state index is 10.5. The van der Waals surface area contributed by atoms with Crippen LogP contribution in [0.2, 0.25) is 0 Å². The standard InChI is InChI=1S/C6H13O9P/c7-1-2(8)3(9)4(10)5(11)6(12)16(13,14)15/h1-6,8-12H,(H2,13,14,15)/t2-,3-,4+,5+,6?/m1/s1. The van der Waals surface area contributed by atoms with E-state index in [1.165, 1.54) is 0 Å². The van der Waals surface area contributed by atoms with Crippen molar-refractivity contribution < 1.29 is 44.7 Å². The van der Waals surface area contributed by atoms with Gasteiger partial charge in [0, 0.05) is 0 Å². The van der Waals surface area contributed by atoms with E-state index in [1.807, 2.05) is 0 Å². The van der Waals surface area contributed by atoms with Crippen LogP contribution in [-0.4, -0.2) is 71.9 Å². The highest BCUT2D eigenvalue weighted by atomic mass is 31.2. The summed E-state index contributed by atoms with van der Waals surface area (Å²) in [6.45, 7) is 0. The van der Waals surface area contributed by atoms with E-state index in [4.69, 9.17) is 35.3 Å². The minimum atomic E-state index is -5.08. The van der Waals surface area contributed by atoms with Gasteiger partial charge in [-0.25, -0.2) is 0 Å². The lowest BCUT2D eigenvalue weighted by atomic mass is 10.0. The molecule has 0 bridgehead atoms. The van der Waals surface area contributed by atoms with Crippen molar-refractivity contribution in [3.05, 3.63) is 0 Å². The first-order valence-electron chi connectivity index (χ1n) is 4.03. The van der Waals surface area contributed by atoms with Gasteiger partial charge in [-0.2, -0.15) is 0 Å². The van der Waals surface area contributed by atoms with Gasteiger partial charge < -0.3 is 40.1 Å². The molecule has 0 amide bonds. The third-order valence-electron chi connectivity index (χ3n) is 1.84. The summed E-state index contributed by atoms with van der Waals surface area (Å²) in [5, 5.41) is 44.8. The second kappa shape index (κ2) is 5.80. The molecule has 16 heavy (non-hydrogen) atoms. The molecule has 0 aromatic heterocycles. The lowest BCUT2D eigenvalue weighted by Crippen LogP contribution is -2.49. The van der Waals surface area contributed by atoms with Crippen LogP contribution < -0.4 is 0 Å². The van der Waals surface area contributed by atoms with Gasteiger partial charge in [-0.3, -0.25) is 4.57 Å². The van der Waals surface area contributed by atoms with E-state index in [0.717, 1.165) is 0 Å². The fourth-order valence-corrected chi connectivity index (χ4v) is 1.43. The molecule has 5 atom stereocenters. The number of hydrogen-bond donors (Lipinski definition) is 7. The van der Waals surface area contributed by atoms with Gasteiger partial charge in [0.05, 0.1) is 0 Å². The van der Waals surface area contributed by atoms with Crippen molar-refractivity contribution in [2.75, 3.05) is 0 Å². The summed E-state index contributed by atoms with van der Waals surface area (Å²) >= 11 is 0. The Kier molecular flexibility index (Phi) is 5.66. The van der Waals surface area contributed by atoms with E-state index in [2.05, 4.69) is 0 Å². The Morgan fingerprint density at radius 2 is 1.31 bits per heavy atom. The molecule has 0 saturated heterocycles. The molecule has 0 aliphatic heterocycles. The number of carbonyl (C=O) groups is 1. The van der Waals surface area contributed by atoms with Crippen LogP contribution >= 0.6 is 7.60 Å². The molecule has 96 valence electrons. The first kappa shape index (κ1) is 15.6. The molecule has 0 aromatic carbocycles. The number of hydrogen-bond acceptors (Lipinski definition) is 7. The summed E-state index contributed by atoms with van der Waals surface area (Å²) in [7, 11) is -5.08. The lowest BCUT2D eigenvalue weighted by Gasteiger charge is -2.27. The molecule has 0 rings (SSSR count). The Hall–Kier alpha value is -0.380. The first-order chi connectivity index (χ1) is 7.12. The summed E-state index contributed by atoms with van der Waals surface area (Å²) < 4.78 is 10.5. The van der Waals surface area contributed by atoms with Crippen LogP contribution in [0.5, 0.6) is 0 Å². The SMILES string of the molecule is O=C[C@@H](O)[C@@H](O)[C@H](O)[C@H](O)C(O)P(=O)(O)O. The van der Waals surface area contributed by atoms with Gasteiger partial charge in [-0.15, -0.1) is 0 Å². The number of aliphatic hydroxyl groups is 5. The number of rotatable bonds is 6. The quantitative estimate of drug-likeness (QED) is 0.186. The molecule has 0 aliphatic carbocycles. The van der Waals surface area contributed by atoms with Crippen molar-refractivity contribution in [3.8, 4) is 0 Å². The zero-order valence-electron chi connectivity index (χ0n) is 7.86. The molecule has 0 radical (unpaired) electrons. The average Bonchev–Trinajstić information content (AvgIpc) is 2.22. The highest BCUT2D eigenvalue weighted by Gasteiger charge is 2.41. The molecule has 0 aliphatic rings. The maximum absolute atomic E-state index is 10.5. The van der Waals surface area contributed by atoms with Gasteiger partial charge in [0.1, 0.15) is 24.4 Å². The van der Waals surface area contributed by atoms with Gasteiger partial charge in [0.25, 0.3) is 0 Å². The molecule has 0 aromatic rings. The van der Waals surface area contributed by atoms with Gasteiger partial charge in [0.15, 0.2) is 12.1 Å². The Balaban J connectivity index is 4.67. The summed E-state index contributed by atoms with van der Waals surface area (Å²) in [5.41, 5.74) is 0. The van der Waals surface area contributed by atoms with Crippen LogP contribution in [0.25, 0.3) is 0 Å². The maximum Gasteiger partial charge on any atom is 0.356 e. The van der Waals surface area contributed by atoms with Crippen LogP contribution in [0.15, 0.2) is 0 Å². The van der Waals surface area contributed by atoms with Crippen molar-refractivity contribution in [1.82, 2.24) is 0 Å². The largest absolute Gasteiger partial charge is 0.387 e. The Morgan fingerprint density at radius 3 is 1.62 bits per heavy atom. The summed E-state index contributed by atoms with van der Waals surface area (Å²) in [4.78, 5) is 26.9. The van der Waals surface area contributed by atoms with Crippen LogP contribution in [0.4, 0.5) is 0 Å². The summed E-state index contributed by atoms with van der Waals surface area (Å²) in [5.74, 6) is -2.63. The third kappa shape index (κ3) is 3.89. The van der Waals surface area contributed by atoms with Gasteiger partial charge in [-0.1, -0.05) is 0 Å². The lowest BCUT2D eigenvalue weighted by molar-refractivity contribution is -0.139. The zero-order chi connectivity index (χ0) is 13.1. The first-order valence-corrected chi connectivity index (χ1v) is 5.72. The molecule has 0 heterocycles. The summed E-state index contributed by atoms with van der Waals surface area (Å²) in [6.07, 6.45) is -9.07. The van der Waals surface area contributed by atoms with Crippen LogP contribution in [0.3, 0.4) is 0 Å². The molecule has 1 unspecified atom stereocenters. The fourth-order valence-electron chi connectivity index (χ4n) is 0.860. The Labute approximate surface area is 89.7 Å². The van der Waals surface area contributed by atoms with Crippen LogP contribution in [-0.2, 0) is 9.36 Å². The fraction of sp³-hybridized carbons (Fsp3) is 0.833. The third-order valence-corrected chi connectivity index (χ3v) is 2.83. The minimum absolute atomic E-state index is 0.148. The molecule has 0 spiro atoms. The summed E-state index contributed by atoms with van der Waals surface area (Å²) in [6, 6.07) is 0. The van der Waals surface area contributed by atoms with E-state index < -0.39 is 37.9 Å². The van der Waals surface area contributed by atoms with Crippen molar-refractivity contribution in [2.45, 2.75) is 30.3 Å². The average molecular weight is 260 g/mol. The molecule has 10 heteroatoms. The molecule has 9 nitrogen and oxygen atoms in total. The smallest absolute Gasteiger partial charge is 0.356 e. The Bertz CT molecular complexity index is 275. The van der Waals surface area contributed by atoms with Crippen molar-refractivity contribution >= 4 is 13.9 Å². The van der Waals surface area contributed by atoms with E-state index in [9.17, 15) is 9.36 Å².